The summed E-state index contributed by atoms with van der Waals surface area (Å²) in [4.78, 5) is 0. The number of sulfonamides is 1. The lowest BCUT2D eigenvalue weighted by atomic mass is 9.79. The van der Waals surface area contributed by atoms with Crippen molar-refractivity contribution in [1.82, 2.24) is 0 Å². The molecule has 0 spiro atoms. The number of ether oxygens (including phenoxy) is 1. The lowest BCUT2D eigenvalue weighted by molar-refractivity contribution is -0.137. The molecule has 25 heavy (non-hydrogen) atoms. The van der Waals surface area contributed by atoms with Crippen LogP contribution in [0.15, 0.2) is 18.2 Å². The maximum absolute atomic E-state index is 13.2. The van der Waals surface area contributed by atoms with Crippen LogP contribution >= 0.6 is 0 Å². The normalized spacial score (nSPS) is 35.6. The molecule has 0 saturated carbocycles. The zero-order valence-electron chi connectivity index (χ0n) is 13.2. The van der Waals surface area contributed by atoms with Crippen LogP contribution in [-0.2, 0) is 20.9 Å². The van der Waals surface area contributed by atoms with Gasteiger partial charge in [-0.15, -0.1) is 0 Å². The minimum atomic E-state index is -4.73. The monoisotopic (exact) mass is 372 g/mol. The number of benzene rings is 1. The Hall–Kier alpha value is -1.79. The van der Waals surface area contributed by atoms with Crippen molar-refractivity contribution < 1.29 is 26.3 Å². The van der Waals surface area contributed by atoms with E-state index in [1.807, 2.05) is 6.92 Å². The minimum absolute atomic E-state index is 0.0521. The van der Waals surface area contributed by atoms with Crippen LogP contribution < -0.4 is 4.31 Å². The molecule has 4 rings (SSSR count). The van der Waals surface area contributed by atoms with Crippen LogP contribution in [0.4, 0.5) is 18.9 Å². The number of fused-ring (bicyclic) bond motifs is 5. The van der Waals surface area contributed by atoms with E-state index in [4.69, 9.17) is 10.00 Å². The standard InChI is InChI=1S/C16H15F3N2O3S/c1-15-5-4-13(24-15)14-12(15)8-21(25(14,22)23)10-3-2-9(7-20)11(6-10)16(17,18)19/h2-3,6,12-14H,4-5,8H2,1H3/t12-,13+,14+,15+/m0/s1. The summed E-state index contributed by atoms with van der Waals surface area (Å²) >= 11 is 0. The third kappa shape index (κ3) is 2.20. The number of nitriles is 1. The molecule has 0 N–H and O–H groups in total. The molecule has 134 valence electrons. The summed E-state index contributed by atoms with van der Waals surface area (Å²) in [7, 11) is -3.81. The Morgan fingerprint density at radius 2 is 2.12 bits per heavy atom. The van der Waals surface area contributed by atoms with E-state index in [9.17, 15) is 21.6 Å². The van der Waals surface area contributed by atoms with Crippen LogP contribution in [0.1, 0.15) is 30.9 Å². The maximum Gasteiger partial charge on any atom is 0.417 e. The van der Waals surface area contributed by atoms with E-state index in [0.717, 1.165) is 22.9 Å². The highest BCUT2D eigenvalue weighted by atomic mass is 32.2. The molecule has 2 bridgehead atoms. The zero-order chi connectivity index (χ0) is 18.2. The summed E-state index contributed by atoms with van der Waals surface area (Å²) in [6.45, 7) is 1.97. The Morgan fingerprint density at radius 1 is 1.40 bits per heavy atom. The summed E-state index contributed by atoms with van der Waals surface area (Å²) in [5, 5.41) is 8.17. The van der Waals surface area contributed by atoms with Gasteiger partial charge in [0.15, 0.2) is 0 Å². The second kappa shape index (κ2) is 4.89. The number of alkyl halides is 3. The smallest absolute Gasteiger partial charge is 0.370 e. The van der Waals surface area contributed by atoms with E-state index < -0.39 is 44.3 Å². The van der Waals surface area contributed by atoms with Crippen molar-refractivity contribution in [2.75, 3.05) is 10.8 Å². The largest absolute Gasteiger partial charge is 0.417 e. The molecule has 3 aliphatic rings. The summed E-state index contributed by atoms with van der Waals surface area (Å²) in [6.07, 6.45) is -3.73. The molecule has 4 atom stereocenters. The average Bonchev–Trinajstić information content (AvgIpc) is 3.13. The van der Waals surface area contributed by atoms with Crippen LogP contribution in [0.25, 0.3) is 0 Å². The van der Waals surface area contributed by atoms with Crippen LogP contribution in [0.3, 0.4) is 0 Å². The summed E-state index contributed by atoms with van der Waals surface area (Å²) in [5.74, 6) is -0.263. The summed E-state index contributed by atoms with van der Waals surface area (Å²) in [6, 6.07) is 4.54. The second-order valence-electron chi connectivity index (χ2n) is 6.99. The molecule has 0 unspecified atom stereocenters. The molecule has 0 aliphatic carbocycles. The van der Waals surface area contributed by atoms with Gasteiger partial charge in [-0.2, -0.15) is 18.4 Å². The summed E-state index contributed by atoms with van der Waals surface area (Å²) < 4.78 is 72.3. The lowest BCUT2D eigenvalue weighted by Crippen LogP contribution is -2.38. The molecule has 1 aromatic carbocycles. The SMILES string of the molecule is C[C@]12CC[C@@H](O1)[C@H]1[C@@H]2CN(c2ccc(C#N)c(C(F)(F)F)c2)S1(=O)=O. The Labute approximate surface area is 143 Å². The van der Waals surface area contributed by atoms with Gasteiger partial charge in [-0.1, -0.05) is 0 Å². The Kier molecular flexibility index (Phi) is 3.26. The second-order valence-corrected chi connectivity index (χ2v) is 9.01. The van der Waals surface area contributed by atoms with E-state index in [-0.39, 0.29) is 18.2 Å². The third-order valence-corrected chi connectivity index (χ3v) is 7.92. The fourth-order valence-electron chi connectivity index (χ4n) is 4.40. The van der Waals surface area contributed by atoms with E-state index >= 15 is 0 Å². The first-order valence-electron chi connectivity index (χ1n) is 7.89. The number of nitrogens with zero attached hydrogens (tertiary/aromatic N) is 2. The molecule has 0 aromatic heterocycles. The van der Waals surface area contributed by atoms with Crippen molar-refractivity contribution in [3.8, 4) is 6.07 Å². The molecule has 1 aromatic rings. The third-order valence-electron chi connectivity index (χ3n) is 5.62. The zero-order valence-corrected chi connectivity index (χ0v) is 14.1. The predicted octanol–water partition coefficient (Wildman–Crippen LogP) is 2.66. The summed E-state index contributed by atoms with van der Waals surface area (Å²) in [5.41, 5.74) is -2.24. The maximum atomic E-state index is 13.2. The Bertz CT molecular complexity index is 893. The highest BCUT2D eigenvalue weighted by Crippen LogP contribution is 2.54. The lowest BCUT2D eigenvalue weighted by Gasteiger charge is -2.27. The molecule has 3 heterocycles. The van der Waals surface area contributed by atoms with Crippen LogP contribution in [0.5, 0.6) is 0 Å². The number of rotatable bonds is 1. The average molecular weight is 372 g/mol. The highest BCUT2D eigenvalue weighted by molar-refractivity contribution is 7.93. The van der Waals surface area contributed by atoms with Gasteiger partial charge in [-0.3, -0.25) is 4.31 Å². The first-order valence-corrected chi connectivity index (χ1v) is 9.39. The predicted molar refractivity (Wildman–Crippen MR) is 82.2 cm³/mol. The number of halogens is 3. The van der Waals surface area contributed by atoms with Gasteiger partial charge in [0.25, 0.3) is 0 Å². The van der Waals surface area contributed by atoms with Crippen molar-refractivity contribution >= 4 is 15.7 Å². The fourth-order valence-corrected chi connectivity index (χ4v) is 6.83. The van der Waals surface area contributed by atoms with E-state index in [0.29, 0.717) is 6.42 Å². The molecular formula is C16H15F3N2O3S. The molecule has 0 radical (unpaired) electrons. The number of hydrogen-bond acceptors (Lipinski definition) is 4. The first-order chi connectivity index (χ1) is 11.6. The topological polar surface area (TPSA) is 70.4 Å². The van der Waals surface area contributed by atoms with Crippen molar-refractivity contribution in [3.05, 3.63) is 29.3 Å². The molecular weight excluding hydrogens is 357 g/mol. The van der Waals surface area contributed by atoms with E-state index in [1.165, 1.54) is 12.1 Å². The minimum Gasteiger partial charge on any atom is -0.370 e. The fraction of sp³-hybridized carbons (Fsp3) is 0.562. The van der Waals surface area contributed by atoms with Gasteiger partial charge in [0.05, 0.1) is 34.6 Å². The number of anilines is 1. The van der Waals surface area contributed by atoms with E-state index in [2.05, 4.69) is 0 Å². The van der Waals surface area contributed by atoms with Gasteiger partial charge >= 0.3 is 6.18 Å². The quantitative estimate of drug-likeness (QED) is 0.760. The van der Waals surface area contributed by atoms with E-state index in [1.54, 1.807) is 0 Å². The highest BCUT2D eigenvalue weighted by Gasteiger charge is 2.66. The molecule has 0 amide bonds. The van der Waals surface area contributed by atoms with Gasteiger partial charge in [0.2, 0.25) is 10.0 Å². The van der Waals surface area contributed by atoms with Crippen LogP contribution in [-0.4, -0.2) is 31.9 Å². The van der Waals surface area contributed by atoms with Crippen molar-refractivity contribution in [1.29, 1.82) is 5.26 Å². The molecule has 9 heteroatoms. The Morgan fingerprint density at radius 3 is 2.72 bits per heavy atom. The molecule has 3 fully saturated rings. The van der Waals surface area contributed by atoms with Gasteiger partial charge in [0.1, 0.15) is 5.25 Å². The van der Waals surface area contributed by atoms with Crippen molar-refractivity contribution in [3.63, 3.8) is 0 Å². The molecule has 5 nitrogen and oxygen atoms in total. The Balaban J connectivity index is 1.78. The molecule has 3 aliphatic heterocycles. The first kappa shape index (κ1) is 16.7. The molecule has 3 saturated heterocycles. The van der Waals surface area contributed by atoms with Gasteiger partial charge < -0.3 is 4.74 Å². The van der Waals surface area contributed by atoms with Crippen LogP contribution in [0, 0.1) is 17.2 Å². The van der Waals surface area contributed by atoms with Gasteiger partial charge in [0, 0.05) is 12.5 Å². The number of hydrogen-bond donors (Lipinski definition) is 0. The van der Waals surface area contributed by atoms with Gasteiger partial charge in [-0.25, -0.2) is 8.42 Å². The van der Waals surface area contributed by atoms with Crippen molar-refractivity contribution in [2.45, 2.75) is 42.9 Å². The van der Waals surface area contributed by atoms with Crippen molar-refractivity contribution in [2.24, 2.45) is 5.92 Å². The van der Waals surface area contributed by atoms with Crippen LogP contribution in [0.2, 0.25) is 0 Å². The van der Waals surface area contributed by atoms with Gasteiger partial charge in [-0.05, 0) is 38.0 Å².